The summed E-state index contributed by atoms with van der Waals surface area (Å²) in [4.78, 5) is 21.0. The molecule has 0 spiro atoms. The molecule has 6 heteroatoms. The maximum atomic E-state index is 10.9. The average molecular weight is 195 g/mol. The number of aliphatic carboxylic acids is 1. The van der Waals surface area contributed by atoms with Crippen molar-refractivity contribution < 1.29 is 14.7 Å². The van der Waals surface area contributed by atoms with Crippen LogP contribution in [0.2, 0.25) is 0 Å². The van der Waals surface area contributed by atoms with Crippen LogP contribution in [0, 0.1) is 5.92 Å². The lowest BCUT2D eigenvalue weighted by Gasteiger charge is -2.11. The maximum absolute atomic E-state index is 10.9. The van der Waals surface area contributed by atoms with E-state index in [0.29, 0.717) is 0 Å². The van der Waals surface area contributed by atoms with E-state index < -0.39 is 17.8 Å². The van der Waals surface area contributed by atoms with Crippen molar-refractivity contribution in [1.29, 1.82) is 0 Å². The predicted molar refractivity (Wildman–Crippen MR) is 46.2 cm³/mol. The summed E-state index contributed by atoms with van der Waals surface area (Å²) in [6.45, 7) is 1.51. The third-order valence-electron chi connectivity index (χ3n) is 1.10. The van der Waals surface area contributed by atoms with E-state index in [1.165, 1.54) is 6.92 Å². The van der Waals surface area contributed by atoms with Crippen LogP contribution in [0.1, 0.15) is 13.3 Å². The molecule has 0 aliphatic rings. The summed E-state index contributed by atoms with van der Waals surface area (Å²) in [5.41, 5.74) is 0. The number of amides is 1. The Morgan fingerprint density at radius 2 is 2.00 bits per heavy atom. The van der Waals surface area contributed by atoms with E-state index in [0.717, 1.165) is 3.71 Å². The van der Waals surface area contributed by atoms with E-state index in [2.05, 4.69) is 25.6 Å². The highest BCUT2D eigenvalue weighted by molar-refractivity contribution is 7.94. The van der Waals surface area contributed by atoms with E-state index in [1.807, 2.05) is 0 Å². The lowest BCUT2D eigenvalue weighted by molar-refractivity contribution is -0.141. The van der Waals surface area contributed by atoms with Crippen LogP contribution in [0.3, 0.4) is 0 Å². The van der Waals surface area contributed by atoms with Crippen molar-refractivity contribution in [3.05, 3.63) is 0 Å². The summed E-state index contributed by atoms with van der Waals surface area (Å²) in [6, 6.07) is 0. The fraction of sp³-hybridized carbons (Fsp3) is 0.600. The standard InChI is InChI=1S/C5H9NO3S2/c1-3(2-4(7)8)5(9)6(10)11/h3,10-11H,2H2,1H3,(H,7,8). The molecule has 0 aromatic rings. The molecule has 1 atom stereocenters. The van der Waals surface area contributed by atoms with Gasteiger partial charge in [-0.3, -0.25) is 9.59 Å². The number of carboxylic acid groups (broad SMARTS) is 1. The van der Waals surface area contributed by atoms with Crippen LogP contribution >= 0.6 is 25.6 Å². The van der Waals surface area contributed by atoms with Gasteiger partial charge in [0, 0.05) is 5.92 Å². The summed E-state index contributed by atoms with van der Waals surface area (Å²) < 4.78 is 0.785. The lowest BCUT2D eigenvalue weighted by Crippen LogP contribution is -2.22. The van der Waals surface area contributed by atoms with Crippen molar-refractivity contribution in [2.24, 2.45) is 5.92 Å². The first-order valence-electron chi connectivity index (χ1n) is 2.88. The maximum Gasteiger partial charge on any atom is 0.304 e. The normalized spacial score (nSPS) is 12.3. The molecular formula is C5H9NO3S2. The summed E-state index contributed by atoms with van der Waals surface area (Å²) in [7, 11) is 0. The van der Waals surface area contributed by atoms with Crippen molar-refractivity contribution in [1.82, 2.24) is 3.71 Å². The molecule has 4 nitrogen and oxygen atoms in total. The van der Waals surface area contributed by atoms with E-state index in [9.17, 15) is 9.59 Å². The third-order valence-corrected chi connectivity index (χ3v) is 1.49. The minimum Gasteiger partial charge on any atom is -0.481 e. The molecule has 1 N–H and O–H groups in total. The van der Waals surface area contributed by atoms with E-state index in [-0.39, 0.29) is 6.42 Å². The van der Waals surface area contributed by atoms with Crippen molar-refractivity contribution in [3.63, 3.8) is 0 Å². The van der Waals surface area contributed by atoms with Crippen molar-refractivity contribution in [2.75, 3.05) is 0 Å². The molecule has 1 amide bonds. The summed E-state index contributed by atoms with van der Waals surface area (Å²) >= 11 is 7.22. The monoisotopic (exact) mass is 195 g/mol. The number of hydrogen-bond donors (Lipinski definition) is 3. The van der Waals surface area contributed by atoms with Gasteiger partial charge >= 0.3 is 5.97 Å². The Balaban J connectivity index is 3.93. The number of carbonyl (C=O) groups excluding carboxylic acids is 1. The zero-order chi connectivity index (χ0) is 9.02. The molecule has 0 bridgehead atoms. The molecule has 0 aliphatic heterocycles. The minimum absolute atomic E-state index is 0.198. The molecular weight excluding hydrogens is 186 g/mol. The van der Waals surface area contributed by atoms with Crippen LogP contribution in [0.4, 0.5) is 0 Å². The zero-order valence-corrected chi connectivity index (χ0v) is 7.68. The van der Waals surface area contributed by atoms with Crippen LogP contribution in [0.25, 0.3) is 0 Å². The van der Waals surface area contributed by atoms with Gasteiger partial charge in [0.05, 0.1) is 6.42 Å². The van der Waals surface area contributed by atoms with Gasteiger partial charge in [-0.1, -0.05) is 32.6 Å². The second-order valence-electron chi connectivity index (χ2n) is 2.13. The lowest BCUT2D eigenvalue weighted by atomic mass is 10.1. The number of rotatable bonds is 3. The third kappa shape index (κ3) is 4.15. The number of thiol groups is 2. The van der Waals surface area contributed by atoms with Crippen molar-refractivity contribution in [3.8, 4) is 0 Å². The van der Waals surface area contributed by atoms with Crippen molar-refractivity contribution in [2.45, 2.75) is 13.3 Å². The van der Waals surface area contributed by atoms with Gasteiger partial charge in [0.1, 0.15) is 0 Å². The quantitative estimate of drug-likeness (QED) is 0.578. The highest BCUT2D eigenvalue weighted by Gasteiger charge is 2.18. The second-order valence-corrected chi connectivity index (χ2v) is 3.24. The minimum atomic E-state index is -1.01. The molecule has 0 saturated carbocycles. The van der Waals surface area contributed by atoms with Gasteiger partial charge in [0.15, 0.2) is 0 Å². The van der Waals surface area contributed by atoms with Crippen molar-refractivity contribution >= 4 is 37.5 Å². The first-order chi connectivity index (χ1) is 4.95. The molecule has 0 saturated heterocycles. The molecule has 64 valence electrons. The highest BCUT2D eigenvalue weighted by Crippen LogP contribution is 2.10. The van der Waals surface area contributed by atoms with E-state index in [4.69, 9.17) is 5.11 Å². The van der Waals surface area contributed by atoms with Crippen LogP contribution in [0.5, 0.6) is 0 Å². The number of carbonyl (C=O) groups is 2. The van der Waals surface area contributed by atoms with Gasteiger partial charge < -0.3 is 5.11 Å². The number of hydrogen-bond acceptors (Lipinski definition) is 4. The molecule has 0 aromatic heterocycles. The molecule has 0 rings (SSSR count). The molecule has 0 aliphatic carbocycles. The Labute approximate surface area is 75.7 Å². The summed E-state index contributed by atoms with van der Waals surface area (Å²) in [5, 5.41) is 8.29. The Morgan fingerprint density at radius 1 is 1.55 bits per heavy atom. The first-order valence-corrected chi connectivity index (χ1v) is 3.68. The molecule has 0 heterocycles. The van der Waals surface area contributed by atoms with Gasteiger partial charge in [-0.25, -0.2) is 3.71 Å². The zero-order valence-electron chi connectivity index (χ0n) is 5.89. The number of carboxylic acids is 1. The Bertz CT molecular complexity index is 171. The SMILES string of the molecule is CC(CC(=O)O)C(=O)N(S)S. The Hall–Kier alpha value is -0.360. The molecule has 0 fully saturated rings. The van der Waals surface area contributed by atoms with Gasteiger partial charge in [-0.05, 0) is 0 Å². The van der Waals surface area contributed by atoms with Gasteiger partial charge in [-0.2, -0.15) is 0 Å². The fourth-order valence-corrected chi connectivity index (χ4v) is 0.941. The van der Waals surface area contributed by atoms with Gasteiger partial charge in [-0.15, -0.1) is 0 Å². The Morgan fingerprint density at radius 3 is 2.27 bits per heavy atom. The fourth-order valence-electron chi connectivity index (χ4n) is 0.546. The Kier molecular flexibility index (Phi) is 4.36. The summed E-state index contributed by atoms with van der Waals surface area (Å²) in [5.74, 6) is -2.00. The van der Waals surface area contributed by atoms with Gasteiger partial charge in [0.25, 0.3) is 0 Å². The van der Waals surface area contributed by atoms with Gasteiger partial charge in [0.2, 0.25) is 5.91 Å². The molecule has 11 heavy (non-hydrogen) atoms. The molecule has 0 radical (unpaired) electrons. The molecule has 1 unspecified atom stereocenters. The largest absolute Gasteiger partial charge is 0.481 e. The second kappa shape index (κ2) is 4.50. The average Bonchev–Trinajstić information content (AvgIpc) is 1.84. The van der Waals surface area contributed by atoms with Crippen LogP contribution < -0.4 is 0 Å². The number of nitrogens with zero attached hydrogens (tertiary/aromatic N) is 1. The van der Waals surface area contributed by atoms with E-state index in [1.54, 1.807) is 0 Å². The van der Waals surface area contributed by atoms with Crippen LogP contribution in [-0.2, 0) is 9.59 Å². The van der Waals surface area contributed by atoms with Crippen LogP contribution in [-0.4, -0.2) is 20.7 Å². The smallest absolute Gasteiger partial charge is 0.304 e. The highest BCUT2D eigenvalue weighted by atomic mass is 32.2. The van der Waals surface area contributed by atoms with E-state index >= 15 is 0 Å². The first kappa shape index (κ1) is 10.6. The predicted octanol–water partition coefficient (Wildman–Crippen LogP) is 0.615. The topological polar surface area (TPSA) is 57.6 Å². The summed E-state index contributed by atoms with van der Waals surface area (Å²) in [6.07, 6.45) is -0.198. The van der Waals surface area contributed by atoms with Crippen LogP contribution in [0.15, 0.2) is 0 Å². The molecule has 0 aromatic carbocycles.